The minimum atomic E-state index is 0.518. The second-order valence-corrected chi connectivity index (χ2v) is 5.19. The molecule has 0 spiro atoms. The van der Waals surface area contributed by atoms with E-state index in [0.717, 1.165) is 0 Å². The van der Waals surface area contributed by atoms with E-state index >= 15 is 0 Å². The molecular formula is C12H21NS. The average Bonchev–Trinajstić information content (AvgIpc) is 2.65. The van der Waals surface area contributed by atoms with Gasteiger partial charge in [-0.1, -0.05) is 26.8 Å². The summed E-state index contributed by atoms with van der Waals surface area (Å²) in [5.74, 6) is 0.655. The van der Waals surface area contributed by atoms with Crippen LogP contribution in [0.3, 0.4) is 0 Å². The van der Waals surface area contributed by atoms with E-state index in [-0.39, 0.29) is 0 Å². The third-order valence-corrected chi connectivity index (χ3v) is 3.55. The number of thiophene rings is 1. The molecule has 1 N–H and O–H groups in total. The van der Waals surface area contributed by atoms with Crippen LogP contribution in [0.25, 0.3) is 0 Å². The highest BCUT2D eigenvalue weighted by molar-refractivity contribution is 7.10. The predicted molar refractivity (Wildman–Crippen MR) is 64.8 cm³/mol. The van der Waals surface area contributed by atoms with Crippen molar-refractivity contribution >= 4 is 11.3 Å². The largest absolute Gasteiger partial charge is 0.307 e. The molecule has 0 bridgehead atoms. The van der Waals surface area contributed by atoms with Crippen molar-refractivity contribution < 1.29 is 0 Å². The highest BCUT2D eigenvalue weighted by atomic mass is 32.1. The zero-order valence-electron chi connectivity index (χ0n) is 9.58. The maximum Gasteiger partial charge on any atom is 0.0440 e. The number of nitrogens with one attached hydrogen (secondary N) is 1. The van der Waals surface area contributed by atoms with Crippen molar-refractivity contribution in [1.29, 1.82) is 0 Å². The summed E-state index contributed by atoms with van der Waals surface area (Å²) < 4.78 is 0. The van der Waals surface area contributed by atoms with Crippen LogP contribution in [0.15, 0.2) is 17.5 Å². The van der Waals surface area contributed by atoms with E-state index < -0.39 is 0 Å². The maximum absolute atomic E-state index is 3.68. The SMILES string of the molecule is CCC(C)NC(c1cccs1)C(C)C. The van der Waals surface area contributed by atoms with E-state index in [1.165, 1.54) is 11.3 Å². The lowest BCUT2D eigenvalue weighted by Crippen LogP contribution is -2.32. The lowest BCUT2D eigenvalue weighted by Gasteiger charge is -2.25. The molecule has 0 saturated heterocycles. The Balaban J connectivity index is 2.66. The van der Waals surface area contributed by atoms with Crippen molar-refractivity contribution in [2.24, 2.45) is 5.92 Å². The van der Waals surface area contributed by atoms with Crippen LogP contribution < -0.4 is 5.32 Å². The van der Waals surface area contributed by atoms with Gasteiger partial charge < -0.3 is 5.32 Å². The van der Waals surface area contributed by atoms with Gasteiger partial charge in [0.15, 0.2) is 0 Å². The molecule has 0 fully saturated rings. The fourth-order valence-corrected chi connectivity index (χ4v) is 2.45. The second kappa shape index (κ2) is 5.52. The topological polar surface area (TPSA) is 12.0 Å². The predicted octanol–water partition coefficient (Wildman–Crippen LogP) is 3.83. The molecule has 0 aliphatic heterocycles. The average molecular weight is 211 g/mol. The van der Waals surface area contributed by atoms with E-state index in [0.29, 0.717) is 18.0 Å². The van der Waals surface area contributed by atoms with Crippen LogP contribution in [0, 0.1) is 5.92 Å². The van der Waals surface area contributed by atoms with Crippen LogP contribution in [0.4, 0.5) is 0 Å². The van der Waals surface area contributed by atoms with E-state index in [9.17, 15) is 0 Å². The quantitative estimate of drug-likeness (QED) is 0.780. The summed E-state index contributed by atoms with van der Waals surface area (Å²) in [6, 6.07) is 5.48. The van der Waals surface area contributed by atoms with Crippen LogP contribution in [-0.2, 0) is 0 Å². The Morgan fingerprint density at radius 2 is 2.07 bits per heavy atom. The van der Waals surface area contributed by atoms with Gasteiger partial charge in [-0.25, -0.2) is 0 Å². The van der Waals surface area contributed by atoms with E-state index in [1.54, 1.807) is 0 Å². The summed E-state index contributed by atoms with van der Waals surface area (Å²) >= 11 is 1.85. The first kappa shape index (κ1) is 11.7. The van der Waals surface area contributed by atoms with Crippen LogP contribution >= 0.6 is 11.3 Å². The molecule has 1 rings (SSSR count). The molecule has 0 aromatic carbocycles. The minimum Gasteiger partial charge on any atom is -0.307 e. The Bertz CT molecular complexity index is 241. The summed E-state index contributed by atoms with van der Waals surface area (Å²) in [7, 11) is 0. The molecule has 2 unspecified atom stereocenters. The summed E-state index contributed by atoms with van der Waals surface area (Å²) in [4.78, 5) is 1.46. The number of hydrogen-bond acceptors (Lipinski definition) is 2. The number of hydrogen-bond donors (Lipinski definition) is 1. The molecule has 2 heteroatoms. The van der Waals surface area contributed by atoms with Crippen molar-refractivity contribution in [3.63, 3.8) is 0 Å². The molecule has 0 aliphatic rings. The first-order valence-electron chi connectivity index (χ1n) is 5.44. The normalized spacial score (nSPS) is 15.8. The van der Waals surface area contributed by atoms with Crippen molar-refractivity contribution in [3.8, 4) is 0 Å². The smallest absolute Gasteiger partial charge is 0.0440 e. The first-order valence-corrected chi connectivity index (χ1v) is 6.32. The van der Waals surface area contributed by atoms with Gasteiger partial charge in [0.2, 0.25) is 0 Å². The van der Waals surface area contributed by atoms with Gasteiger partial charge in [0, 0.05) is 17.0 Å². The standard InChI is InChI=1S/C12H21NS/c1-5-10(4)13-12(9(2)3)11-7-6-8-14-11/h6-10,12-13H,5H2,1-4H3. The van der Waals surface area contributed by atoms with E-state index in [1.807, 2.05) is 11.3 Å². The van der Waals surface area contributed by atoms with Gasteiger partial charge >= 0.3 is 0 Å². The zero-order valence-corrected chi connectivity index (χ0v) is 10.4. The molecule has 14 heavy (non-hydrogen) atoms. The Morgan fingerprint density at radius 1 is 1.36 bits per heavy atom. The molecule has 1 heterocycles. The van der Waals surface area contributed by atoms with Gasteiger partial charge in [-0.05, 0) is 30.7 Å². The molecule has 0 saturated carbocycles. The van der Waals surface area contributed by atoms with Crippen molar-refractivity contribution in [2.45, 2.75) is 46.2 Å². The van der Waals surface area contributed by atoms with Crippen LogP contribution in [0.1, 0.15) is 45.0 Å². The van der Waals surface area contributed by atoms with Gasteiger partial charge in [0.1, 0.15) is 0 Å². The van der Waals surface area contributed by atoms with Gasteiger partial charge in [0.25, 0.3) is 0 Å². The second-order valence-electron chi connectivity index (χ2n) is 4.21. The molecule has 0 amide bonds. The van der Waals surface area contributed by atoms with Gasteiger partial charge in [-0.2, -0.15) is 0 Å². The molecule has 0 aliphatic carbocycles. The summed E-state index contributed by atoms with van der Waals surface area (Å²) in [5.41, 5.74) is 0. The van der Waals surface area contributed by atoms with Gasteiger partial charge in [-0.3, -0.25) is 0 Å². The van der Waals surface area contributed by atoms with E-state index in [2.05, 4.69) is 50.5 Å². The molecule has 2 atom stereocenters. The lowest BCUT2D eigenvalue weighted by molar-refractivity contribution is 0.369. The first-order chi connectivity index (χ1) is 6.65. The summed E-state index contributed by atoms with van der Waals surface area (Å²) in [5, 5.41) is 5.83. The summed E-state index contributed by atoms with van der Waals surface area (Å²) in [6.45, 7) is 9.03. The fourth-order valence-electron chi connectivity index (χ4n) is 1.50. The Labute approximate surface area is 91.5 Å². The molecule has 1 nitrogen and oxygen atoms in total. The van der Waals surface area contributed by atoms with Crippen molar-refractivity contribution in [2.75, 3.05) is 0 Å². The van der Waals surface area contributed by atoms with Crippen molar-refractivity contribution in [3.05, 3.63) is 22.4 Å². The molecule has 1 aromatic rings. The van der Waals surface area contributed by atoms with Crippen molar-refractivity contribution in [1.82, 2.24) is 5.32 Å². The molecule has 1 aromatic heterocycles. The highest BCUT2D eigenvalue weighted by Crippen LogP contribution is 2.26. The fraction of sp³-hybridized carbons (Fsp3) is 0.667. The van der Waals surface area contributed by atoms with Gasteiger partial charge in [0.05, 0.1) is 0 Å². The van der Waals surface area contributed by atoms with Crippen LogP contribution in [-0.4, -0.2) is 6.04 Å². The van der Waals surface area contributed by atoms with Gasteiger partial charge in [-0.15, -0.1) is 11.3 Å². The highest BCUT2D eigenvalue weighted by Gasteiger charge is 2.17. The van der Waals surface area contributed by atoms with Crippen LogP contribution in [0.5, 0.6) is 0 Å². The Kier molecular flexibility index (Phi) is 4.63. The molecule has 80 valence electrons. The number of rotatable bonds is 5. The molecular weight excluding hydrogens is 190 g/mol. The monoisotopic (exact) mass is 211 g/mol. The third kappa shape index (κ3) is 3.10. The Hall–Kier alpha value is -0.340. The van der Waals surface area contributed by atoms with E-state index in [4.69, 9.17) is 0 Å². The third-order valence-electron chi connectivity index (χ3n) is 2.59. The summed E-state index contributed by atoms with van der Waals surface area (Å²) in [6.07, 6.45) is 1.19. The maximum atomic E-state index is 3.68. The van der Waals surface area contributed by atoms with Crippen LogP contribution in [0.2, 0.25) is 0 Å². The Morgan fingerprint density at radius 3 is 2.50 bits per heavy atom. The minimum absolute atomic E-state index is 0.518. The lowest BCUT2D eigenvalue weighted by atomic mass is 10.0. The zero-order chi connectivity index (χ0) is 10.6. The molecule has 0 radical (unpaired) electrons.